The molecule has 2 rings (SSSR count). The second kappa shape index (κ2) is 6.33. The van der Waals surface area contributed by atoms with Crippen LogP contribution in [0, 0.1) is 5.92 Å². The molecule has 1 aliphatic carbocycles. The number of rotatable bonds is 5. The summed E-state index contributed by atoms with van der Waals surface area (Å²) in [5.41, 5.74) is 1.02. The van der Waals surface area contributed by atoms with Gasteiger partial charge in [-0.3, -0.25) is 0 Å². The van der Waals surface area contributed by atoms with E-state index in [0.717, 1.165) is 31.0 Å². The quantitative estimate of drug-likeness (QED) is 0.890. The van der Waals surface area contributed by atoms with E-state index < -0.39 is 0 Å². The number of nitrogens with one attached hydrogen (secondary N) is 1. The maximum absolute atomic E-state index is 5.92. The summed E-state index contributed by atoms with van der Waals surface area (Å²) < 4.78 is 5.92. The van der Waals surface area contributed by atoms with E-state index in [-0.39, 0.29) is 5.60 Å². The molecule has 0 amide bonds. The minimum Gasteiger partial charge on any atom is -0.371 e. The SMILES string of the molecule is CCNC(C)c1csc(C2(OC)CCCC(C)C2)n1. The van der Waals surface area contributed by atoms with E-state index in [0.29, 0.717) is 6.04 Å². The fraction of sp³-hybridized carbons (Fsp3) is 0.800. The molecule has 3 nitrogen and oxygen atoms in total. The van der Waals surface area contributed by atoms with Gasteiger partial charge in [-0.1, -0.05) is 20.3 Å². The molecule has 3 atom stereocenters. The summed E-state index contributed by atoms with van der Waals surface area (Å²) in [5.74, 6) is 0.729. The van der Waals surface area contributed by atoms with Gasteiger partial charge in [-0.25, -0.2) is 4.98 Å². The zero-order valence-corrected chi connectivity index (χ0v) is 13.3. The van der Waals surface area contributed by atoms with Crippen LogP contribution in [0.2, 0.25) is 0 Å². The minimum absolute atomic E-state index is 0.132. The molecular formula is C15H26N2OS. The Kier molecular flexibility index (Phi) is 4.98. The van der Waals surface area contributed by atoms with Crippen molar-refractivity contribution < 1.29 is 4.74 Å². The Balaban J connectivity index is 2.19. The lowest BCUT2D eigenvalue weighted by Gasteiger charge is -2.37. The molecule has 0 spiro atoms. The van der Waals surface area contributed by atoms with Crippen LogP contribution in [0.15, 0.2) is 5.38 Å². The van der Waals surface area contributed by atoms with E-state index in [1.807, 2.05) is 7.11 Å². The molecule has 4 heteroatoms. The highest BCUT2D eigenvalue weighted by Crippen LogP contribution is 2.43. The van der Waals surface area contributed by atoms with Crippen LogP contribution in [0.5, 0.6) is 0 Å². The van der Waals surface area contributed by atoms with Crippen molar-refractivity contribution in [1.82, 2.24) is 10.3 Å². The average Bonchev–Trinajstić information content (AvgIpc) is 2.89. The van der Waals surface area contributed by atoms with E-state index in [4.69, 9.17) is 9.72 Å². The fourth-order valence-corrected chi connectivity index (χ4v) is 4.21. The molecule has 0 aliphatic heterocycles. The molecule has 108 valence electrons. The highest BCUT2D eigenvalue weighted by molar-refractivity contribution is 7.09. The summed E-state index contributed by atoms with van der Waals surface area (Å²) in [5, 5.41) is 6.77. The lowest BCUT2D eigenvalue weighted by atomic mass is 9.79. The van der Waals surface area contributed by atoms with Crippen molar-refractivity contribution in [3.05, 3.63) is 16.1 Å². The van der Waals surface area contributed by atoms with Gasteiger partial charge in [0.1, 0.15) is 10.6 Å². The Morgan fingerprint density at radius 2 is 2.42 bits per heavy atom. The first-order valence-corrected chi connectivity index (χ1v) is 8.23. The fourth-order valence-electron chi connectivity index (χ4n) is 3.08. The van der Waals surface area contributed by atoms with Gasteiger partial charge in [-0.15, -0.1) is 11.3 Å². The maximum atomic E-state index is 5.92. The van der Waals surface area contributed by atoms with Crippen molar-refractivity contribution >= 4 is 11.3 Å². The predicted molar refractivity (Wildman–Crippen MR) is 80.5 cm³/mol. The molecule has 0 radical (unpaired) electrons. The number of methoxy groups -OCH3 is 1. The topological polar surface area (TPSA) is 34.1 Å². The van der Waals surface area contributed by atoms with E-state index >= 15 is 0 Å². The molecule has 0 bridgehead atoms. The standard InChI is InChI=1S/C15H26N2OS/c1-5-16-12(3)13-10-19-14(17-13)15(18-4)8-6-7-11(2)9-15/h10-12,16H,5-9H2,1-4H3. The predicted octanol–water partition coefficient (Wildman–Crippen LogP) is 3.87. The van der Waals surface area contributed by atoms with Gasteiger partial charge >= 0.3 is 0 Å². The van der Waals surface area contributed by atoms with Gasteiger partial charge in [-0.2, -0.15) is 0 Å². The summed E-state index contributed by atoms with van der Waals surface area (Å²) in [7, 11) is 1.84. The van der Waals surface area contributed by atoms with Gasteiger partial charge in [0.05, 0.1) is 5.69 Å². The first-order valence-electron chi connectivity index (χ1n) is 7.35. The Morgan fingerprint density at radius 3 is 3.05 bits per heavy atom. The highest BCUT2D eigenvalue weighted by Gasteiger charge is 2.39. The van der Waals surface area contributed by atoms with Gasteiger partial charge in [0.15, 0.2) is 0 Å². The van der Waals surface area contributed by atoms with Crippen molar-refractivity contribution in [2.45, 2.75) is 58.1 Å². The van der Waals surface area contributed by atoms with Crippen molar-refractivity contribution in [3.63, 3.8) is 0 Å². The second-order valence-electron chi connectivity index (χ2n) is 5.76. The number of nitrogens with zero attached hydrogens (tertiary/aromatic N) is 1. The maximum Gasteiger partial charge on any atom is 0.125 e. The lowest BCUT2D eigenvalue weighted by Crippen LogP contribution is -2.34. The smallest absolute Gasteiger partial charge is 0.125 e. The van der Waals surface area contributed by atoms with Crippen LogP contribution in [0.3, 0.4) is 0 Å². The molecule has 0 aromatic carbocycles. The van der Waals surface area contributed by atoms with Crippen LogP contribution in [0.25, 0.3) is 0 Å². The number of ether oxygens (including phenoxy) is 1. The first kappa shape index (κ1) is 14.9. The van der Waals surface area contributed by atoms with Crippen LogP contribution in [0.1, 0.15) is 63.2 Å². The number of hydrogen-bond acceptors (Lipinski definition) is 4. The lowest BCUT2D eigenvalue weighted by molar-refractivity contribution is -0.0581. The van der Waals surface area contributed by atoms with Gasteiger partial charge in [-0.05, 0) is 38.6 Å². The van der Waals surface area contributed by atoms with Crippen LogP contribution >= 0.6 is 11.3 Å². The van der Waals surface area contributed by atoms with E-state index in [1.54, 1.807) is 11.3 Å². The van der Waals surface area contributed by atoms with E-state index in [1.165, 1.54) is 17.8 Å². The van der Waals surface area contributed by atoms with Crippen molar-refractivity contribution in [3.8, 4) is 0 Å². The summed E-state index contributed by atoms with van der Waals surface area (Å²) >= 11 is 1.76. The van der Waals surface area contributed by atoms with Gasteiger partial charge < -0.3 is 10.1 Å². The molecule has 19 heavy (non-hydrogen) atoms. The molecule has 1 heterocycles. The minimum atomic E-state index is -0.132. The van der Waals surface area contributed by atoms with Crippen molar-refractivity contribution in [2.24, 2.45) is 5.92 Å². The largest absolute Gasteiger partial charge is 0.371 e. The van der Waals surface area contributed by atoms with Crippen molar-refractivity contribution in [1.29, 1.82) is 0 Å². The zero-order valence-electron chi connectivity index (χ0n) is 12.5. The molecule has 1 aliphatic rings. The molecule has 0 saturated heterocycles. The molecule has 1 aromatic rings. The van der Waals surface area contributed by atoms with Gasteiger partial charge in [0, 0.05) is 18.5 Å². The third kappa shape index (κ3) is 3.18. The van der Waals surface area contributed by atoms with Crippen LogP contribution in [-0.4, -0.2) is 18.6 Å². The third-order valence-electron chi connectivity index (χ3n) is 4.21. The summed E-state index contributed by atoms with van der Waals surface area (Å²) in [4.78, 5) is 4.86. The van der Waals surface area contributed by atoms with Gasteiger partial charge in [0.25, 0.3) is 0 Å². The molecule has 1 saturated carbocycles. The molecule has 1 fully saturated rings. The number of aromatic nitrogens is 1. The number of hydrogen-bond donors (Lipinski definition) is 1. The van der Waals surface area contributed by atoms with Crippen molar-refractivity contribution in [2.75, 3.05) is 13.7 Å². The van der Waals surface area contributed by atoms with Crippen LogP contribution in [0.4, 0.5) is 0 Å². The van der Waals surface area contributed by atoms with Crippen LogP contribution < -0.4 is 5.32 Å². The Morgan fingerprint density at radius 1 is 1.63 bits per heavy atom. The Labute approximate surface area is 120 Å². The Hall–Kier alpha value is -0.450. The molecule has 1 N–H and O–H groups in total. The Bertz CT molecular complexity index is 407. The normalized spacial score (nSPS) is 29.4. The molecule has 3 unspecified atom stereocenters. The summed E-state index contributed by atoms with van der Waals surface area (Å²) in [6.45, 7) is 7.59. The monoisotopic (exact) mass is 282 g/mol. The second-order valence-corrected chi connectivity index (χ2v) is 6.61. The first-order chi connectivity index (χ1) is 9.11. The molecular weight excluding hydrogens is 256 g/mol. The average molecular weight is 282 g/mol. The summed E-state index contributed by atoms with van der Waals surface area (Å²) in [6, 6.07) is 0.324. The van der Waals surface area contributed by atoms with E-state index in [2.05, 4.69) is 31.5 Å². The summed E-state index contributed by atoms with van der Waals surface area (Å²) in [6.07, 6.45) is 4.77. The number of thiazole rings is 1. The zero-order chi connectivity index (χ0) is 13.9. The highest BCUT2D eigenvalue weighted by atomic mass is 32.1. The van der Waals surface area contributed by atoms with Gasteiger partial charge in [0.2, 0.25) is 0 Å². The van der Waals surface area contributed by atoms with Crippen LogP contribution in [-0.2, 0) is 10.3 Å². The molecule has 1 aromatic heterocycles. The van der Waals surface area contributed by atoms with E-state index in [9.17, 15) is 0 Å². The third-order valence-corrected chi connectivity index (χ3v) is 5.26.